The second kappa shape index (κ2) is 13.9. The highest BCUT2D eigenvalue weighted by Crippen LogP contribution is 2.35. The maximum atomic E-state index is 12.9. The lowest BCUT2D eigenvalue weighted by Crippen LogP contribution is -2.37. The zero-order valence-electron chi connectivity index (χ0n) is 24.3. The van der Waals surface area contributed by atoms with Gasteiger partial charge in [-0.25, -0.2) is 9.59 Å². The van der Waals surface area contributed by atoms with E-state index in [1.54, 1.807) is 57.9 Å². The van der Waals surface area contributed by atoms with Crippen molar-refractivity contribution in [1.82, 2.24) is 20.2 Å². The van der Waals surface area contributed by atoms with Gasteiger partial charge in [-0.3, -0.25) is 9.59 Å². The smallest absolute Gasteiger partial charge is 0.407 e. The van der Waals surface area contributed by atoms with Crippen molar-refractivity contribution in [1.29, 1.82) is 0 Å². The zero-order chi connectivity index (χ0) is 30.2. The van der Waals surface area contributed by atoms with Gasteiger partial charge in [0.2, 0.25) is 0 Å². The summed E-state index contributed by atoms with van der Waals surface area (Å²) in [5.41, 5.74) is 8.53. The monoisotopic (exact) mass is 573 g/mol. The third-order valence-electron chi connectivity index (χ3n) is 5.56. The normalized spacial score (nSPS) is 10.9. The Hall–Kier alpha value is -3.93. The molecule has 3 aromatic rings. The van der Waals surface area contributed by atoms with E-state index in [0.717, 1.165) is 5.56 Å². The van der Waals surface area contributed by atoms with Crippen molar-refractivity contribution < 1.29 is 23.9 Å². The highest BCUT2D eigenvalue weighted by molar-refractivity contribution is 7.97. The number of aryl methyl sites for hydroxylation is 1. The number of nitrogens with zero attached hydrogens (tertiary/aromatic N) is 1. The molecule has 0 fully saturated rings. The van der Waals surface area contributed by atoms with Crippen molar-refractivity contribution in [2.45, 2.75) is 46.0 Å². The van der Waals surface area contributed by atoms with Crippen LogP contribution in [0.4, 0.5) is 10.5 Å². The number of nitrogens with one attached hydrogen (secondary N) is 3. The average Bonchev–Trinajstić information content (AvgIpc) is 3.35. The van der Waals surface area contributed by atoms with Crippen LogP contribution in [0.2, 0.25) is 0 Å². The van der Waals surface area contributed by atoms with Crippen LogP contribution in [0, 0.1) is 0 Å². The molecule has 1 aromatic carbocycles. The average molecular weight is 574 g/mol. The van der Waals surface area contributed by atoms with Crippen LogP contribution in [0.1, 0.15) is 61.0 Å². The van der Waals surface area contributed by atoms with Crippen LogP contribution < -0.4 is 21.9 Å². The van der Waals surface area contributed by atoms with Crippen LogP contribution >= 0.6 is 11.8 Å². The van der Waals surface area contributed by atoms with E-state index < -0.39 is 23.6 Å². The number of esters is 1. The van der Waals surface area contributed by atoms with E-state index in [0.29, 0.717) is 33.5 Å². The first kappa shape index (κ1) is 32.3. The Labute approximate surface area is 238 Å². The number of hydrogen-bond acceptors (Lipinski definition) is 8. The summed E-state index contributed by atoms with van der Waals surface area (Å²) in [4.78, 5) is 52.7. The molecular formula is C28H39N5O6S. The number of aromatic amines is 1. The molecule has 11 nitrogen and oxygen atoms in total. The predicted octanol–water partition coefficient (Wildman–Crippen LogP) is 4.05. The number of benzene rings is 1. The number of H-pyrrole nitrogens is 1. The molecule has 0 spiro atoms. The van der Waals surface area contributed by atoms with Gasteiger partial charge >= 0.3 is 12.1 Å². The largest absolute Gasteiger partial charge is 0.465 e. The molecule has 40 heavy (non-hydrogen) atoms. The Kier molecular flexibility index (Phi) is 11.2. The summed E-state index contributed by atoms with van der Waals surface area (Å²) in [7, 11) is 2.92. The van der Waals surface area contributed by atoms with Crippen molar-refractivity contribution in [2.24, 2.45) is 7.05 Å². The standard InChI is InChI=1S/C26H33N5O6S.C2H6/c1-26(2,3)37-25(35)29-8-7-28-22(32)20-11-17-18(12-31(4)23(33)21(17)30-20)16-9-14(13-38-6)15(10-19(16)27)24(34)36-5;1-2/h9-12,30H,7-8,13,27H2,1-6H3,(H,28,32)(H,29,35);1-2H3. The Bertz CT molecular complexity index is 1440. The van der Waals surface area contributed by atoms with E-state index in [2.05, 4.69) is 15.6 Å². The number of alkyl carbamates (subject to hydrolysis) is 1. The topological polar surface area (TPSA) is 158 Å². The lowest BCUT2D eigenvalue weighted by atomic mass is 9.96. The van der Waals surface area contributed by atoms with E-state index in [-0.39, 0.29) is 29.9 Å². The number of methoxy groups -OCH3 is 1. The summed E-state index contributed by atoms with van der Waals surface area (Å²) in [5.74, 6) is -0.387. The van der Waals surface area contributed by atoms with E-state index in [4.69, 9.17) is 15.2 Å². The van der Waals surface area contributed by atoms with Gasteiger partial charge in [0.15, 0.2) is 0 Å². The molecule has 0 saturated heterocycles. The Morgan fingerprint density at radius 1 is 1.07 bits per heavy atom. The summed E-state index contributed by atoms with van der Waals surface area (Å²) in [6.45, 7) is 9.59. The van der Waals surface area contributed by atoms with Crippen molar-refractivity contribution in [3.63, 3.8) is 0 Å². The lowest BCUT2D eigenvalue weighted by molar-refractivity contribution is 0.0525. The summed E-state index contributed by atoms with van der Waals surface area (Å²) in [6, 6.07) is 4.97. The van der Waals surface area contributed by atoms with Crippen LogP contribution in [0.25, 0.3) is 22.0 Å². The number of pyridine rings is 1. The fourth-order valence-electron chi connectivity index (χ4n) is 3.89. The van der Waals surface area contributed by atoms with Crippen LogP contribution in [0.3, 0.4) is 0 Å². The fraction of sp³-hybridized carbons (Fsp3) is 0.429. The molecule has 0 bridgehead atoms. The van der Waals surface area contributed by atoms with Crippen molar-refractivity contribution >= 4 is 46.3 Å². The van der Waals surface area contributed by atoms with Gasteiger partial charge in [0.25, 0.3) is 11.5 Å². The number of carbonyl (C=O) groups excluding carboxylic acids is 3. The van der Waals surface area contributed by atoms with Gasteiger partial charge < -0.3 is 35.4 Å². The van der Waals surface area contributed by atoms with Crippen LogP contribution in [-0.2, 0) is 22.3 Å². The maximum Gasteiger partial charge on any atom is 0.407 e. The van der Waals surface area contributed by atoms with Gasteiger partial charge in [-0.1, -0.05) is 13.8 Å². The Balaban J connectivity index is 0.00000274. The first-order chi connectivity index (χ1) is 18.9. The summed E-state index contributed by atoms with van der Waals surface area (Å²) in [6.07, 6.45) is 2.99. The molecule has 2 amide bonds. The Morgan fingerprint density at radius 3 is 2.33 bits per heavy atom. The second-order valence-corrected chi connectivity index (χ2v) is 10.5. The predicted molar refractivity (Wildman–Crippen MR) is 160 cm³/mol. The number of nitrogens with two attached hydrogens (primary N) is 1. The molecule has 2 heterocycles. The molecular weight excluding hydrogens is 534 g/mol. The van der Waals surface area contributed by atoms with Crippen molar-refractivity contribution in [2.75, 3.05) is 32.2 Å². The number of aromatic nitrogens is 2. The molecule has 12 heteroatoms. The lowest BCUT2D eigenvalue weighted by Gasteiger charge is -2.19. The van der Waals surface area contributed by atoms with E-state index in [1.807, 2.05) is 26.2 Å². The molecule has 0 atom stereocenters. The minimum Gasteiger partial charge on any atom is -0.465 e. The number of ether oxygens (including phenoxy) is 2. The second-order valence-electron chi connectivity index (χ2n) is 9.64. The van der Waals surface area contributed by atoms with E-state index in [9.17, 15) is 19.2 Å². The van der Waals surface area contributed by atoms with Crippen LogP contribution in [-0.4, -0.2) is 59.6 Å². The number of thioether (sulfide) groups is 1. The highest BCUT2D eigenvalue weighted by Gasteiger charge is 2.21. The fourth-order valence-corrected chi connectivity index (χ4v) is 4.44. The van der Waals surface area contributed by atoms with Gasteiger partial charge in [0.1, 0.15) is 16.8 Å². The number of fused-ring (bicyclic) bond motifs is 1. The number of nitrogen functional groups attached to an aromatic ring is 1. The molecule has 5 N–H and O–H groups in total. The summed E-state index contributed by atoms with van der Waals surface area (Å²) >= 11 is 1.54. The van der Waals surface area contributed by atoms with Gasteiger partial charge in [0, 0.05) is 54.3 Å². The van der Waals surface area contributed by atoms with E-state index in [1.165, 1.54) is 11.7 Å². The summed E-state index contributed by atoms with van der Waals surface area (Å²) in [5, 5.41) is 5.79. The molecule has 2 aromatic heterocycles. The first-order valence-electron chi connectivity index (χ1n) is 12.8. The molecule has 0 aliphatic heterocycles. The third-order valence-corrected chi connectivity index (χ3v) is 6.16. The third kappa shape index (κ3) is 7.81. The number of rotatable bonds is 8. The number of hydrogen-bond donors (Lipinski definition) is 4. The first-order valence-corrected chi connectivity index (χ1v) is 14.2. The van der Waals surface area contributed by atoms with Crippen molar-refractivity contribution in [3.05, 3.63) is 51.6 Å². The summed E-state index contributed by atoms with van der Waals surface area (Å²) < 4.78 is 11.5. The highest BCUT2D eigenvalue weighted by atomic mass is 32.2. The molecule has 218 valence electrons. The van der Waals surface area contributed by atoms with Gasteiger partial charge in [-0.15, -0.1) is 0 Å². The molecule has 0 saturated carbocycles. The number of carbonyl (C=O) groups is 3. The zero-order valence-corrected chi connectivity index (χ0v) is 25.1. The SMILES string of the molecule is CC.COC(=O)c1cc(N)c(-c2cn(C)c(=O)c3[nH]c(C(=O)NCCNC(=O)OC(C)(C)C)cc23)cc1CSC. The quantitative estimate of drug-likeness (QED) is 0.179. The van der Waals surface area contributed by atoms with E-state index >= 15 is 0 Å². The molecule has 3 rings (SSSR count). The molecule has 0 aliphatic rings. The van der Waals surface area contributed by atoms with Gasteiger partial charge in [-0.2, -0.15) is 11.8 Å². The maximum absolute atomic E-state index is 12.9. The number of amides is 2. The van der Waals surface area contributed by atoms with Crippen LogP contribution in [0.5, 0.6) is 0 Å². The molecule has 0 aliphatic carbocycles. The minimum absolute atomic E-state index is 0.151. The molecule has 0 radical (unpaired) electrons. The van der Waals surface area contributed by atoms with Crippen LogP contribution in [0.15, 0.2) is 29.2 Å². The van der Waals surface area contributed by atoms with Gasteiger partial charge in [-0.05, 0) is 50.8 Å². The molecule has 0 unspecified atom stereocenters. The minimum atomic E-state index is -0.624. The van der Waals surface area contributed by atoms with Gasteiger partial charge in [0.05, 0.1) is 12.7 Å². The number of anilines is 1. The van der Waals surface area contributed by atoms with Crippen molar-refractivity contribution in [3.8, 4) is 11.1 Å². The Morgan fingerprint density at radius 2 is 1.73 bits per heavy atom.